The van der Waals surface area contributed by atoms with E-state index in [0.717, 1.165) is 12.8 Å². The van der Waals surface area contributed by atoms with Gasteiger partial charge in [0.2, 0.25) is 10.0 Å². The summed E-state index contributed by atoms with van der Waals surface area (Å²) in [4.78, 5) is 12.7. The summed E-state index contributed by atoms with van der Waals surface area (Å²) in [6.07, 6.45) is -2.91. The zero-order chi connectivity index (χ0) is 23.5. The maximum absolute atomic E-state index is 12.8. The smallest absolute Gasteiger partial charge is 0.422 e. The Balaban J connectivity index is 1.73. The number of nitrogens with zero attached hydrogens (tertiary/aromatic N) is 1. The Hall–Kier alpha value is -2.59. The van der Waals surface area contributed by atoms with Crippen LogP contribution in [-0.2, 0) is 10.0 Å². The van der Waals surface area contributed by atoms with Crippen LogP contribution in [0, 0.1) is 12.8 Å². The van der Waals surface area contributed by atoms with Crippen LogP contribution in [0.5, 0.6) is 5.75 Å². The molecule has 32 heavy (non-hydrogen) atoms. The molecule has 2 aromatic carbocycles. The van der Waals surface area contributed by atoms with Crippen LogP contribution in [0.3, 0.4) is 0 Å². The van der Waals surface area contributed by atoms with Crippen molar-refractivity contribution in [2.45, 2.75) is 37.8 Å². The molecule has 1 N–H and O–H groups in total. The van der Waals surface area contributed by atoms with Gasteiger partial charge in [-0.1, -0.05) is 13.0 Å². The molecule has 0 aromatic heterocycles. The average Bonchev–Trinajstić information content (AvgIpc) is 2.73. The Morgan fingerprint density at radius 3 is 2.34 bits per heavy atom. The van der Waals surface area contributed by atoms with E-state index in [2.05, 4.69) is 12.2 Å². The Kier molecular flexibility index (Phi) is 7.14. The van der Waals surface area contributed by atoms with E-state index in [1.807, 2.05) is 0 Å². The van der Waals surface area contributed by atoms with Crippen LogP contribution < -0.4 is 10.1 Å². The fraction of sp³-hybridized carbons (Fsp3) is 0.409. The molecule has 1 saturated heterocycles. The molecule has 0 radical (unpaired) electrons. The molecule has 2 aromatic rings. The highest BCUT2D eigenvalue weighted by molar-refractivity contribution is 7.89. The predicted octanol–water partition coefficient (Wildman–Crippen LogP) is 4.61. The highest BCUT2D eigenvalue weighted by Crippen LogP contribution is 2.29. The van der Waals surface area contributed by atoms with Gasteiger partial charge in [-0.25, -0.2) is 8.42 Å². The number of benzene rings is 2. The minimum atomic E-state index is -4.52. The number of rotatable bonds is 6. The molecule has 1 heterocycles. The first-order chi connectivity index (χ1) is 15.0. The molecule has 174 valence electrons. The predicted molar refractivity (Wildman–Crippen MR) is 114 cm³/mol. The number of amides is 1. The van der Waals surface area contributed by atoms with E-state index in [4.69, 9.17) is 4.74 Å². The third kappa shape index (κ3) is 6.01. The normalized spacial score (nSPS) is 16.0. The summed E-state index contributed by atoms with van der Waals surface area (Å²) in [6.45, 7) is 3.21. The largest absolute Gasteiger partial charge is 0.482 e. The minimum absolute atomic E-state index is 0.0870. The molecule has 0 aliphatic carbocycles. The van der Waals surface area contributed by atoms with Crippen molar-refractivity contribution in [3.63, 3.8) is 0 Å². The Bertz CT molecular complexity index is 1060. The zero-order valence-corrected chi connectivity index (χ0v) is 18.6. The monoisotopic (exact) mass is 470 g/mol. The number of sulfonamides is 1. The number of carbonyl (C=O) groups is 1. The number of nitrogens with one attached hydrogen (secondary N) is 1. The number of halogens is 3. The minimum Gasteiger partial charge on any atom is -0.482 e. The van der Waals surface area contributed by atoms with Crippen LogP contribution in [0.25, 0.3) is 0 Å². The summed E-state index contributed by atoms with van der Waals surface area (Å²) in [5.74, 6) is -0.213. The molecule has 0 spiro atoms. The average molecular weight is 471 g/mol. The lowest BCUT2D eigenvalue weighted by atomic mass is 10.0. The van der Waals surface area contributed by atoms with Gasteiger partial charge in [0.05, 0.1) is 10.6 Å². The molecule has 1 amide bonds. The molecule has 1 aliphatic heterocycles. The molecule has 0 unspecified atom stereocenters. The van der Waals surface area contributed by atoms with E-state index < -0.39 is 28.7 Å². The van der Waals surface area contributed by atoms with Crippen LogP contribution in [0.4, 0.5) is 18.9 Å². The molecular formula is C22H25F3N2O4S. The highest BCUT2D eigenvalue weighted by Gasteiger charge is 2.29. The maximum atomic E-state index is 12.8. The Morgan fingerprint density at radius 1 is 1.12 bits per heavy atom. The van der Waals surface area contributed by atoms with Gasteiger partial charge < -0.3 is 10.1 Å². The van der Waals surface area contributed by atoms with Crippen molar-refractivity contribution in [3.05, 3.63) is 53.6 Å². The summed E-state index contributed by atoms with van der Waals surface area (Å²) < 4.78 is 69.5. The molecule has 0 atom stereocenters. The fourth-order valence-electron chi connectivity index (χ4n) is 3.36. The van der Waals surface area contributed by atoms with E-state index in [1.54, 1.807) is 13.0 Å². The van der Waals surface area contributed by atoms with Crippen LogP contribution in [0.1, 0.15) is 35.7 Å². The zero-order valence-electron chi connectivity index (χ0n) is 17.8. The van der Waals surface area contributed by atoms with E-state index >= 15 is 0 Å². The molecule has 6 nitrogen and oxygen atoms in total. The van der Waals surface area contributed by atoms with E-state index in [9.17, 15) is 26.4 Å². The van der Waals surface area contributed by atoms with Crippen LogP contribution in [-0.4, -0.2) is 44.5 Å². The summed E-state index contributed by atoms with van der Waals surface area (Å²) in [5.41, 5.74) is 0.921. The van der Waals surface area contributed by atoms with Gasteiger partial charge in [-0.3, -0.25) is 4.79 Å². The molecule has 3 rings (SSSR count). The van der Waals surface area contributed by atoms with Crippen molar-refractivity contribution in [3.8, 4) is 5.75 Å². The van der Waals surface area contributed by atoms with Crippen molar-refractivity contribution in [1.82, 2.24) is 4.31 Å². The van der Waals surface area contributed by atoms with Gasteiger partial charge in [-0.2, -0.15) is 17.5 Å². The lowest BCUT2D eigenvalue weighted by Crippen LogP contribution is -2.37. The molecule has 10 heteroatoms. The second-order valence-electron chi connectivity index (χ2n) is 7.97. The molecule has 1 fully saturated rings. The van der Waals surface area contributed by atoms with Crippen LogP contribution >= 0.6 is 0 Å². The number of alkyl halides is 3. The first-order valence-electron chi connectivity index (χ1n) is 10.2. The summed E-state index contributed by atoms with van der Waals surface area (Å²) in [5, 5.41) is 2.53. The number of ether oxygens (including phenoxy) is 1. The number of anilines is 1. The molecular weight excluding hydrogens is 445 g/mol. The van der Waals surface area contributed by atoms with Gasteiger partial charge >= 0.3 is 6.18 Å². The van der Waals surface area contributed by atoms with E-state index in [1.165, 1.54) is 40.7 Å². The quantitative estimate of drug-likeness (QED) is 0.669. The number of hydrogen-bond donors (Lipinski definition) is 1. The van der Waals surface area contributed by atoms with Gasteiger partial charge in [0.15, 0.2) is 6.61 Å². The van der Waals surface area contributed by atoms with Crippen LogP contribution in [0.2, 0.25) is 0 Å². The van der Waals surface area contributed by atoms with Crippen molar-refractivity contribution in [2.24, 2.45) is 5.92 Å². The summed E-state index contributed by atoms with van der Waals surface area (Å²) in [6, 6.07) is 9.95. The van der Waals surface area contributed by atoms with Crippen molar-refractivity contribution < 1.29 is 31.1 Å². The van der Waals surface area contributed by atoms with Gasteiger partial charge in [0.1, 0.15) is 5.75 Å². The lowest BCUT2D eigenvalue weighted by molar-refractivity contribution is -0.153. The summed E-state index contributed by atoms with van der Waals surface area (Å²) >= 11 is 0. The van der Waals surface area contributed by atoms with Crippen molar-refractivity contribution >= 4 is 21.6 Å². The standard InChI is InChI=1S/C22H25F3N2O4S/c1-15-9-11-27(12-10-15)32(29,30)18-6-4-17(5-7-18)21(28)26-19-8-3-16(2)13-20(19)31-14-22(23,24)25/h3-8,13,15H,9-12,14H2,1-2H3,(H,26,28). The fourth-order valence-corrected chi connectivity index (χ4v) is 4.83. The first-order valence-corrected chi connectivity index (χ1v) is 11.6. The van der Waals surface area contributed by atoms with Crippen LogP contribution in [0.15, 0.2) is 47.4 Å². The molecule has 0 bridgehead atoms. The first kappa shape index (κ1) is 24.1. The highest BCUT2D eigenvalue weighted by atomic mass is 32.2. The summed E-state index contributed by atoms with van der Waals surface area (Å²) in [7, 11) is -3.64. The SMILES string of the molecule is Cc1ccc(NC(=O)c2ccc(S(=O)(=O)N3CCC(C)CC3)cc2)c(OCC(F)(F)F)c1. The number of piperidine rings is 1. The Labute approximate surface area is 185 Å². The molecule has 0 saturated carbocycles. The number of hydrogen-bond acceptors (Lipinski definition) is 4. The second-order valence-corrected chi connectivity index (χ2v) is 9.91. The van der Waals surface area contributed by atoms with Gasteiger partial charge in [-0.05, 0) is 67.6 Å². The topological polar surface area (TPSA) is 75.7 Å². The van der Waals surface area contributed by atoms with Gasteiger partial charge in [0.25, 0.3) is 5.91 Å². The third-order valence-corrected chi connectivity index (χ3v) is 7.19. The maximum Gasteiger partial charge on any atom is 0.422 e. The third-order valence-electron chi connectivity index (χ3n) is 5.27. The van der Waals surface area contributed by atoms with Gasteiger partial charge in [-0.15, -0.1) is 0 Å². The Morgan fingerprint density at radius 2 is 1.75 bits per heavy atom. The van der Waals surface area contributed by atoms with E-state index in [0.29, 0.717) is 24.6 Å². The second kappa shape index (κ2) is 9.50. The number of carbonyl (C=O) groups excluding carboxylic acids is 1. The van der Waals surface area contributed by atoms with E-state index in [-0.39, 0.29) is 21.9 Å². The lowest BCUT2D eigenvalue weighted by Gasteiger charge is -2.29. The van der Waals surface area contributed by atoms with Crippen molar-refractivity contribution in [1.29, 1.82) is 0 Å². The number of aryl methyl sites for hydroxylation is 1. The van der Waals surface area contributed by atoms with Gasteiger partial charge in [0, 0.05) is 18.7 Å². The molecule has 1 aliphatic rings. The van der Waals surface area contributed by atoms with Crippen molar-refractivity contribution in [2.75, 3.05) is 25.0 Å².